The molecule has 2 N–H and O–H groups in total. The second-order valence-electron chi connectivity index (χ2n) is 3.66. The lowest BCUT2D eigenvalue weighted by Crippen LogP contribution is -2.17. The zero-order chi connectivity index (χ0) is 12.1. The van der Waals surface area contributed by atoms with Gasteiger partial charge in [-0.25, -0.2) is 8.78 Å². The fourth-order valence-corrected chi connectivity index (χ4v) is 2.49. The summed E-state index contributed by atoms with van der Waals surface area (Å²) in [7, 11) is -1.10. The van der Waals surface area contributed by atoms with Gasteiger partial charge in [0.1, 0.15) is 0 Å². The molecule has 0 aliphatic heterocycles. The van der Waals surface area contributed by atoms with Gasteiger partial charge in [-0.15, -0.1) is 0 Å². The van der Waals surface area contributed by atoms with E-state index in [2.05, 4.69) is 0 Å². The quantitative estimate of drug-likeness (QED) is 0.864. The number of hydrogen-bond acceptors (Lipinski definition) is 2. The van der Waals surface area contributed by atoms with Crippen molar-refractivity contribution in [3.8, 4) is 0 Å². The minimum absolute atomic E-state index is 0.0295. The molecule has 0 aliphatic carbocycles. The summed E-state index contributed by atoms with van der Waals surface area (Å²) in [6.07, 6.45) is 0.663. The first-order chi connectivity index (χ1) is 7.54. The third-order valence-corrected chi connectivity index (χ3v) is 4.07. The molecule has 2 unspecified atom stereocenters. The van der Waals surface area contributed by atoms with Crippen LogP contribution in [0.1, 0.15) is 18.9 Å². The zero-order valence-corrected chi connectivity index (χ0v) is 9.90. The number of benzene rings is 1. The van der Waals surface area contributed by atoms with Gasteiger partial charge in [0.2, 0.25) is 0 Å². The predicted octanol–water partition coefficient (Wildman–Crippen LogP) is 1.95. The van der Waals surface area contributed by atoms with E-state index >= 15 is 0 Å². The van der Waals surface area contributed by atoms with Crippen molar-refractivity contribution in [1.82, 2.24) is 0 Å². The Morgan fingerprint density at radius 3 is 2.62 bits per heavy atom. The molecule has 2 nitrogen and oxygen atoms in total. The lowest BCUT2D eigenvalue weighted by Gasteiger charge is -2.10. The molecule has 1 aromatic rings. The molecule has 0 amide bonds. The van der Waals surface area contributed by atoms with Crippen molar-refractivity contribution in [2.75, 3.05) is 6.54 Å². The summed E-state index contributed by atoms with van der Waals surface area (Å²) in [6.45, 7) is 2.31. The molecule has 16 heavy (non-hydrogen) atoms. The average Bonchev–Trinajstić information content (AvgIpc) is 2.24. The van der Waals surface area contributed by atoms with E-state index in [1.807, 2.05) is 6.92 Å². The van der Waals surface area contributed by atoms with Crippen LogP contribution in [0.15, 0.2) is 18.2 Å². The van der Waals surface area contributed by atoms with Gasteiger partial charge in [-0.1, -0.05) is 13.0 Å². The molecular weight excluding hydrogens is 232 g/mol. The minimum atomic E-state index is -1.10. The maximum Gasteiger partial charge on any atom is 0.159 e. The van der Waals surface area contributed by atoms with E-state index < -0.39 is 22.4 Å². The summed E-state index contributed by atoms with van der Waals surface area (Å²) in [6, 6.07) is 3.59. The van der Waals surface area contributed by atoms with Crippen molar-refractivity contribution in [3.05, 3.63) is 35.4 Å². The molecule has 0 spiro atoms. The maximum atomic E-state index is 12.9. The maximum absolute atomic E-state index is 12.9. The summed E-state index contributed by atoms with van der Waals surface area (Å²) in [5.74, 6) is -1.55. The van der Waals surface area contributed by atoms with Crippen molar-refractivity contribution in [1.29, 1.82) is 0 Å². The summed E-state index contributed by atoms with van der Waals surface area (Å²) >= 11 is 0. The van der Waals surface area contributed by atoms with Gasteiger partial charge in [-0.3, -0.25) is 4.21 Å². The molecule has 90 valence electrons. The van der Waals surface area contributed by atoms with Crippen LogP contribution in [0.3, 0.4) is 0 Å². The molecule has 0 aliphatic rings. The predicted molar refractivity (Wildman–Crippen MR) is 61.3 cm³/mol. The van der Waals surface area contributed by atoms with Crippen LogP contribution in [0.25, 0.3) is 0 Å². The molecule has 0 heterocycles. The molecule has 0 aromatic heterocycles. The fourth-order valence-electron chi connectivity index (χ4n) is 1.30. The molecule has 1 aromatic carbocycles. The molecule has 0 saturated heterocycles. The standard InChI is InChI=1S/C11H15F2NOS/c1-8(4-5-14)16(15)7-9-2-3-10(12)11(13)6-9/h2-3,6,8H,4-5,7,14H2,1H3. The Labute approximate surface area is 96.3 Å². The second-order valence-corrected chi connectivity index (χ2v) is 5.52. The van der Waals surface area contributed by atoms with E-state index in [0.717, 1.165) is 12.1 Å². The zero-order valence-electron chi connectivity index (χ0n) is 9.08. The largest absolute Gasteiger partial charge is 0.330 e. The molecule has 0 radical (unpaired) electrons. The van der Waals surface area contributed by atoms with Gasteiger partial charge >= 0.3 is 0 Å². The third-order valence-electron chi connectivity index (χ3n) is 2.31. The monoisotopic (exact) mass is 247 g/mol. The topological polar surface area (TPSA) is 43.1 Å². The van der Waals surface area contributed by atoms with Crippen molar-refractivity contribution in [2.24, 2.45) is 5.73 Å². The van der Waals surface area contributed by atoms with Crippen LogP contribution in [-0.2, 0) is 16.6 Å². The number of halogens is 2. The van der Waals surface area contributed by atoms with Gasteiger partial charge in [0, 0.05) is 21.8 Å². The molecule has 0 saturated carbocycles. The third kappa shape index (κ3) is 3.64. The Morgan fingerprint density at radius 2 is 2.06 bits per heavy atom. The summed E-state index contributed by atoms with van der Waals surface area (Å²) in [5, 5.41) is -0.0295. The van der Waals surface area contributed by atoms with E-state index in [9.17, 15) is 13.0 Å². The van der Waals surface area contributed by atoms with E-state index in [0.29, 0.717) is 18.5 Å². The number of rotatable bonds is 5. The van der Waals surface area contributed by atoms with Gasteiger partial charge in [-0.05, 0) is 30.7 Å². The lowest BCUT2D eigenvalue weighted by molar-refractivity contribution is 0.507. The highest BCUT2D eigenvalue weighted by Gasteiger charge is 2.12. The number of hydrogen-bond donors (Lipinski definition) is 1. The SMILES string of the molecule is CC(CCN)S(=O)Cc1ccc(F)c(F)c1. The van der Waals surface area contributed by atoms with Crippen molar-refractivity contribution < 1.29 is 13.0 Å². The van der Waals surface area contributed by atoms with Crippen molar-refractivity contribution >= 4 is 10.8 Å². The van der Waals surface area contributed by atoms with Gasteiger partial charge in [-0.2, -0.15) is 0 Å². The van der Waals surface area contributed by atoms with E-state index in [-0.39, 0.29) is 11.0 Å². The van der Waals surface area contributed by atoms with Crippen LogP contribution in [0, 0.1) is 11.6 Å². The molecule has 1 rings (SSSR count). The van der Waals surface area contributed by atoms with Gasteiger partial charge in [0.05, 0.1) is 0 Å². The Hall–Kier alpha value is -0.810. The molecule has 0 fully saturated rings. The lowest BCUT2D eigenvalue weighted by atomic mass is 10.2. The first kappa shape index (κ1) is 13.3. The number of nitrogens with two attached hydrogens (primary N) is 1. The normalized spacial score (nSPS) is 14.8. The van der Waals surface area contributed by atoms with Crippen LogP contribution >= 0.6 is 0 Å². The van der Waals surface area contributed by atoms with Gasteiger partial charge < -0.3 is 5.73 Å². The van der Waals surface area contributed by atoms with Crippen molar-refractivity contribution in [3.63, 3.8) is 0 Å². The molecule has 0 bridgehead atoms. The van der Waals surface area contributed by atoms with Crippen LogP contribution < -0.4 is 5.73 Å². The smallest absolute Gasteiger partial charge is 0.159 e. The molecule has 5 heteroatoms. The molecule has 2 atom stereocenters. The van der Waals surface area contributed by atoms with E-state index in [1.165, 1.54) is 6.07 Å². The van der Waals surface area contributed by atoms with E-state index in [1.54, 1.807) is 0 Å². The summed E-state index contributed by atoms with van der Waals surface area (Å²) in [5.41, 5.74) is 5.90. The second kappa shape index (κ2) is 6.06. The van der Waals surface area contributed by atoms with Crippen LogP contribution in [0.5, 0.6) is 0 Å². The van der Waals surface area contributed by atoms with Gasteiger partial charge in [0.15, 0.2) is 11.6 Å². The average molecular weight is 247 g/mol. The van der Waals surface area contributed by atoms with Crippen molar-refractivity contribution in [2.45, 2.75) is 24.3 Å². The van der Waals surface area contributed by atoms with E-state index in [4.69, 9.17) is 5.73 Å². The van der Waals surface area contributed by atoms with Crippen LogP contribution in [0.2, 0.25) is 0 Å². The van der Waals surface area contributed by atoms with Gasteiger partial charge in [0.25, 0.3) is 0 Å². The first-order valence-electron chi connectivity index (χ1n) is 5.05. The van der Waals surface area contributed by atoms with Crippen LogP contribution in [0.4, 0.5) is 8.78 Å². The van der Waals surface area contributed by atoms with Crippen LogP contribution in [-0.4, -0.2) is 16.0 Å². The summed E-state index contributed by atoms with van der Waals surface area (Å²) in [4.78, 5) is 0. The highest BCUT2D eigenvalue weighted by Crippen LogP contribution is 2.13. The Bertz CT molecular complexity index is 384. The Balaban J connectivity index is 2.66. The minimum Gasteiger partial charge on any atom is -0.330 e. The Morgan fingerprint density at radius 1 is 1.38 bits per heavy atom. The highest BCUT2D eigenvalue weighted by molar-refractivity contribution is 7.84. The Kier molecular flexibility index (Phi) is 5.02. The molecular formula is C11H15F2NOS. The first-order valence-corrected chi connectivity index (χ1v) is 6.44. The highest BCUT2D eigenvalue weighted by atomic mass is 32.2. The fraction of sp³-hybridized carbons (Fsp3) is 0.455. The summed E-state index contributed by atoms with van der Waals surface area (Å²) < 4.78 is 37.3.